The molecule has 5 nitrogen and oxygen atoms in total. The molecule has 2 aromatic rings. The van der Waals surface area contributed by atoms with Crippen molar-refractivity contribution in [3.05, 3.63) is 51.8 Å². The Morgan fingerprint density at radius 3 is 2.55 bits per heavy atom. The van der Waals surface area contributed by atoms with Gasteiger partial charge >= 0.3 is 5.97 Å². The highest BCUT2D eigenvalue weighted by molar-refractivity contribution is 6.30. The Morgan fingerprint density at radius 1 is 1.27 bits per heavy atom. The lowest BCUT2D eigenvalue weighted by molar-refractivity contribution is -0.115. The first-order chi connectivity index (χ1) is 10.3. The van der Waals surface area contributed by atoms with Crippen molar-refractivity contribution in [2.45, 2.75) is 20.3 Å². The molecule has 2 N–H and O–H groups in total. The number of carbonyl (C=O) groups is 2. The van der Waals surface area contributed by atoms with E-state index in [4.69, 9.17) is 11.6 Å². The second kappa shape index (κ2) is 6.23. The van der Waals surface area contributed by atoms with Crippen molar-refractivity contribution < 1.29 is 14.7 Å². The Bertz CT molecular complexity index is 750. The number of aromatic nitrogens is 1. The summed E-state index contributed by atoms with van der Waals surface area (Å²) >= 11 is 5.88. The summed E-state index contributed by atoms with van der Waals surface area (Å²) in [7, 11) is 1.73. The molecule has 1 aromatic carbocycles. The number of hydrogen-bond acceptors (Lipinski definition) is 2. The Kier molecular flexibility index (Phi) is 4.56. The molecule has 1 heterocycles. The standard InChI is InChI=1S/C16H17ClN2O3/c1-9-6-11(17)4-5-12(9)18-14(20)7-13-15(16(21)22)10(2)8-19(13)3/h4-6,8H,7H2,1-3H3,(H,18,20)(H,21,22). The number of carboxylic acid groups (broad SMARTS) is 1. The lowest BCUT2D eigenvalue weighted by Crippen LogP contribution is -2.18. The molecule has 0 aliphatic rings. The third kappa shape index (κ3) is 3.31. The maximum absolute atomic E-state index is 12.2. The normalized spacial score (nSPS) is 10.5. The van der Waals surface area contributed by atoms with E-state index in [2.05, 4.69) is 5.32 Å². The van der Waals surface area contributed by atoms with Gasteiger partial charge < -0.3 is 15.0 Å². The predicted molar refractivity (Wildman–Crippen MR) is 85.6 cm³/mol. The summed E-state index contributed by atoms with van der Waals surface area (Å²) in [4.78, 5) is 23.5. The van der Waals surface area contributed by atoms with Gasteiger partial charge in [0.25, 0.3) is 0 Å². The summed E-state index contributed by atoms with van der Waals surface area (Å²) in [5.41, 5.74) is 2.82. The second-order valence-electron chi connectivity index (χ2n) is 5.23. The minimum Gasteiger partial charge on any atom is -0.478 e. The van der Waals surface area contributed by atoms with E-state index in [-0.39, 0.29) is 17.9 Å². The highest BCUT2D eigenvalue weighted by Crippen LogP contribution is 2.21. The van der Waals surface area contributed by atoms with Crippen molar-refractivity contribution in [2.75, 3.05) is 5.32 Å². The Morgan fingerprint density at radius 2 is 1.95 bits per heavy atom. The molecule has 0 radical (unpaired) electrons. The molecule has 0 fully saturated rings. The zero-order valence-electron chi connectivity index (χ0n) is 12.6. The lowest BCUT2D eigenvalue weighted by Gasteiger charge is -2.10. The van der Waals surface area contributed by atoms with Gasteiger partial charge in [0.2, 0.25) is 5.91 Å². The molecule has 0 spiro atoms. The van der Waals surface area contributed by atoms with Crippen molar-refractivity contribution in [3.63, 3.8) is 0 Å². The molecular weight excluding hydrogens is 304 g/mol. The fourth-order valence-corrected chi connectivity index (χ4v) is 2.68. The van der Waals surface area contributed by atoms with Gasteiger partial charge in [-0.05, 0) is 43.2 Å². The average molecular weight is 321 g/mol. The third-order valence-electron chi connectivity index (χ3n) is 3.50. The number of hydrogen-bond donors (Lipinski definition) is 2. The second-order valence-corrected chi connectivity index (χ2v) is 5.67. The molecule has 0 unspecified atom stereocenters. The van der Waals surface area contributed by atoms with E-state index < -0.39 is 5.97 Å². The van der Waals surface area contributed by atoms with Gasteiger partial charge in [0.1, 0.15) is 0 Å². The van der Waals surface area contributed by atoms with Crippen LogP contribution in [0, 0.1) is 13.8 Å². The molecule has 0 aliphatic carbocycles. The van der Waals surface area contributed by atoms with Crippen molar-refractivity contribution >= 4 is 29.2 Å². The topological polar surface area (TPSA) is 71.3 Å². The minimum absolute atomic E-state index is 0.00591. The van der Waals surface area contributed by atoms with Crippen molar-refractivity contribution in [1.82, 2.24) is 4.57 Å². The van der Waals surface area contributed by atoms with E-state index in [0.717, 1.165) is 5.56 Å². The highest BCUT2D eigenvalue weighted by atomic mass is 35.5. The first-order valence-electron chi connectivity index (χ1n) is 6.73. The van der Waals surface area contributed by atoms with Gasteiger partial charge in [-0.2, -0.15) is 0 Å². The maximum atomic E-state index is 12.2. The third-order valence-corrected chi connectivity index (χ3v) is 3.74. The van der Waals surface area contributed by atoms with Gasteiger partial charge in [0, 0.05) is 29.6 Å². The molecule has 0 saturated carbocycles. The van der Waals surface area contributed by atoms with Crippen LogP contribution in [0.4, 0.5) is 5.69 Å². The van der Waals surface area contributed by atoms with Crippen LogP contribution < -0.4 is 5.32 Å². The number of carboxylic acids is 1. The van der Waals surface area contributed by atoms with Crippen LogP contribution in [-0.2, 0) is 18.3 Å². The van der Waals surface area contributed by atoms with Gasteiger partial charge in [0.15, 0.2) is 0 Å². The molecule has 116 valence electrons. The van der Waals surface area contributed by atoms with Crippen molar-refractivity contribution in [1.29, 1.82) is 0 Å². The van der Waals surface area contributed by atoms with Gasteiger partial charge in [-0.15, -0.1) is 0 Å². The molecule has 0 saturated heterocycles. The smallest absolute Gasteiger partial charge is 0.337 e. The van der Waals surface area contributed by atoms with E-state index in [1.54, 1.807) is 42.9 Å². The first kappa shape index (κ1) is 16.1. The molecule has 6 heteroatoms. The van der Waals surface area contributed by atoms with E-state index in [0.29, 0.717) is 22.0 Å². The fraction of sp³-hybridized carbons (Fsp3) is 0.250. The molecule has 0 aliphatic heterocycles. The molecular formula is C16H17ClN2O3. The molecule has 0 atom stereocenters. The molecule has 0 bridgehead atoms. The van der Waals surface area contributed by atoms with Gasteiger partial charge in [0.05, 0.1) is 12.0 Å². The zero-order valence-corrected chi connectivity index (χ0v) is 13.4. The van der Waals surface area contributed by atoms with Crippen LogP contribution in [0.3, 0.4) is 0 Å². The van der Waals surface area contributed by atoms with Crippen LogP contribution in [0.15, 0.2) is 24.4 Å². The van der Waals surface area contributed by atoms with E-state index in [1.165, 1.54) is 0 Å². The van der Waals surface area contributed by atoms with Crippen molar-refractivity contribution in [2.24, 2.45) is 7.05 Å². The number of rotatable bonds is 4. The number of aromatic carboxylic acids is 1. The SMILES string of the molecule is Cc1cc(Cl)ccc1NC(=O)Cc1c(C(=O)O)c(C)cn1C. The van der Waals surface area contributed by atoms with Crippen LogP contribution in [0.25, 0.3) is 0 Å². The number of aryl methyl sites for hydroxylation is 3. The number of halogens is 1. The van der Waals surface area contributed by atoms with E-state index in [9.17, 15) is 14.7 Å². The van der Waals surface area contributed by atoms with E-state index in [1.807, 2.05) is 6.92 Å². The van der Waals surface area contributed by atoms with Crippen LogP contribution in [0.2, 0.25) is 5.02 Å². The Hall–Kier alpha value is -2.27. The summed E-state index contributed by atoms with van der Waals surface area (Å²) in [6.07, 6.45) is 1.70. The zero-order chi connectivity index (χ0) is 16.4. The molecule has 2 rings (SSSR count). The number of anilines is 1. The van der Waals surface area contributed by atoms with Crippen LogP contribution >= 0.6 is 11.6 Å². The number of nitrogens with zero attached hydrogens (tertiary/aromatic N) is 1. The van der Waals surface area contributed by atoms with Crippen LogP contribution in [0.5, 0.6) is 0 Å². The van der Waals surface area contributed by atoms with E-state index >= 15 is 0 Å². The Labute approximate surface area is 133 Å². The lowest BCUT2D eigenvalue weighted by atomic mass is 10.1. The van der Waals surface area contributed by atoms with Gasteiger partial charge in [-0.25, -0.2) is 4.79 Å². The highest BCUT2D eigenvalue weighted by Gasteiger charge is 2.20. The summed E-state index contributed by atoms with van der Waals surface area (Å²) in [5.74, 6) is -1.29. The fourth-order valence-electron chi connectivity index (χ4n) is 2.46. The number of nitrogens with one attached hydrogen (secondary N) is 1. The monoisotopic (exact) mass is 320 g/mol. The van der Waals surface area contributed by atoms with Crippen LogP contribution in [0.1, 0.15) is 27.2 Å². The Balaban J connectivity index is 2.21. The van der Waals surface area contributed by atoms with Gasteiger partial charge in [-0.3, -0.25) is 4.79 Å². The predicted octanol–water partition coefficient (Wildman–Crippen LogP) is 3.17. The summed E-state index contributed by atoms with van der Waals surface area (Å²) in [6, 6.07) is 5.18. The maximum Gasteiger partial charge on any atom is 0.337 e. The molecule has 1 amide bonds. The number of benzene rings is 1. The van der Waals surface area contributed by atoms with Crippen LogP contribution in [-0.4, -0.2) is 21.6 Å². The first-order valence-corrected chi connectivity index (χ1v) is 7.11. The van der Waals surface area contributed by atoms with Gasteiger partial charge in [-0.1, -0.05) is 11.6 Å². The quantitative estimate of drug-likeness (QED) is 0.909. The van der Waals surface area contributed by atoms with Crippen molar-refractivity contribution in [3.8, 4) is 0 Å². The minimum atomic E-state index is -1.02. The summed E-state index contributed by atoms with van der Waals surface area (Å²) < 4.78 is 1.67. The average Bonchev–Trinajstić information content (AvgIpc) is 2.67. The number of amides is 1. The largest absolute Gasteiger partial charge is 0.478 e. The molecule has 22 heavy (non-hydrogen) atoms. The summed E-state index contributed by atoms with van der Waals surface area (Å²) in [5, 5.41) is 12.7. The molecule has 1 aromatic heterocycles. The number of carbonyl (C=O) groups excluding carboxylic acids is 1. The summed E-state index contributed by atoms with van der Waals surface area (Å²) in [6.45, 7) is 3.56.